The summed E-state index contributed by atoms with van der Waals surface area (Å²) >= 11 is 0. The predicted octanol–water partition coefficient (Wildman–Crippen LogP) is 6.03. The van der Waals surface area contributed by atoms with Gasteiger partial charge in [-0.25, -0.2) is 4.98 Å². The summed E-state index contributed by atoms with van der Waals surface area (Å²) in [7, 11) is 2.19. The summed E-state index contributed by atoms with van der Waals surface area (Å²) < 4.78 is 6.20. The van der Waals surface area contributed by atoms with Gasteiger partial charge in [-0.3, -0.25) is 4.79 Å². The Morgan fingerprint density at radius 1 is 1.00 bits per heavy atom. The van der Waals surface area contributed by atoms with Crippen molar-refractivity contribution >= 4 is 24.0 Å². The summed E-state index contributed by atoms with van der Waals surface area (Å²) in [5, 5.41) is 0. The van der Waals surface area contributed by atoms with E-state index in [9.17, 15) is 4.79 Å². The number of amides is 1. The molecule has 3 aliphatic rings. The van der Waals surface area contributed by atoms with E-state index in [1.54, 1.807) is 6.20 Å². The van der Waals surface area contributed by atoms with E-state index in [0.29, 0.717) is 6.54 Å². The molecule has 1 saturated heterocycles. The second kappa shape index (κ2) is 9.85. The largest absolute Gasteiger partial charge is 0.492 e. The average Bonchev–Trinajstić information content (AvgIpc) is 3.69. The summed E-state index contributed by atoms with van der Waals surface area (Å²) in [6, 6.07) is 18.9. The van der Waals surface area contributed by atoms with Gasteiger partial charge in [0.1, 0.15) is 11.6 Å². The van der Waals surface area contributed by atoms with Gasteiger partial charge >= 0.3 is 0 Å². The minimum atomic E-state index is 0. The number of carbonyl (C=O) groups is 1. The summed E-state index contributed by atoms with van der Waals surface area (Å²) in [5.41, 5.74) is 8.87. The minimum absolute atomic E-state index is 0. The van der Waals surface area contributed by atoms with Crippen LogP contribution in [0.5, 0.6) is 5.75 Å². The number of aryl methyl sites for hydroxylation is 1. The first-order valence-corrected chi connectivity index (χ1v) is 13.5. The van der Waals surface area contributed by atoms with Crippen molar-refractivity contribution in [3.8, 4) is 28.3 Å². The smallest absolute Gasteiger partial charge is 0.258 e. The number of fused-ring (bicyclic) bond motifs is 3. The van der Waals surface area contributed by atoms with Crippen LogP contribution >= 0.6 is 12.4 Å². The number of piperidine rings is 1. The molecule has 0 radical (unpaired) electrons. The quantitative estimate of drug-likeness (QED) is 0.344. The lowest BCUT2D eigenvalue weighted by atomic mass is 9.74. The number of aromatic nitrogens is 2. The number of nitrogens with zero attached hydrogens (tertiary/aromatic N) is 3. The van der Waals surface area contributed by atoms with E-state index in [0.717, 1.165) is 78.5 Å². The van der Waals surface area contributed by atoms with Gasteiger partial charge < -0.3 is 19.5 Å². The van der Waals surface area contributed by atoms with Crippen LogP contribution in [0.1, 0.15) is 39.9 Å². The van der Waals surface area contributed by atoms with Crippen LogP contribution in [0.3, 0.4) is 0 Å². The number of hydrogen-bond acceptors (Lipinski definition) is 4. The van der Waals surface area contributed by atoms with Crippen molar-refractivity contribution in [2.75, 3.05) is 38.2 Å². The molecule has 200 valence electrons. The van der Waals surface area contributed by atoms with Crippen LogP contribution < -0.4 is 9.64 Å². The fraction of sp³-hybridized carbons (Fsp3) is 0.312. The average molecular weight is 541 g/mol. The Balaban J connectivity index is 0.00000277. The highest BCUT2D eigenvalue weighted by Crippen LogP contribution is 2.49. The van der Waals surface area contributed by atoms with Crippen LogP contribution in [-0.2, 0) is 11.8 Å². The van der Waals surface area contributed by atoms with Gasteiger partial charge in [-0.2, -0.15) is 0 Å². The van der Waals surface area contributed by atoms with Gasteiger partial charge in [-0.05, 0) is 98.9 Å². The number of ether oxygens (including phenoxy) is 1. The number of benzene rings is 3. The molecule has 7 heteroatoms. The zero-order valence-corrected chi connectivity index (χ0v) is 23.2. The SMILES string of the molecule is Cc1cc(-c2ncc[nH]2)ccc1-c1ccc(C(=O)N2CCc3cc4c(cc32)C2(CCN(C)CC2)CO4)cc1.Cl. The van der Waals surface area contributed by atoms with Crippen molar-refractivity contribution in [1.82, 2.24) is 14.9 Å². The van der Waals surface area contributed by atoms with Gasteiger partial charge in [0.15, 0.2) is 0 Å². The molecule has 1 fully saturated rings. The summed E-state index contributed by atoms with van der Waals surface area (Å²) in [4.78, 5) is 25.6. The van der Waals surface area contributed by atoms with Crippen LogP contribution in [-0.4, -0.2) is 54.1 Å². The number of rotatable bonds is 3. The Hall–Kier alpha value is -3.61. The molecule has 0 unspecified atom stereocenters. The van der Waals surface area contributed by atoms with Crippen LogP contribution in [0, 0.1) is 6.92 Å². The third kappa shape index (κ3) is 4.32. The molecule has 1 N–H and O–H groups in total. The Kier molecular flexibility index (Phi) is 6.48. The van der Waals surface area contributed by atoms with E-state index in [1.807, 2.05) is 23.2 Å². The number of halogens is 1. The first-order chi connectivity index (χ1) is 18.5. The number of H-pyrrole nitrogens is 1. The molecule has 3 aromatic carbocycles. The third-order valence-corrected chi connectivity index (χ3v) is 8.78. The lowest BCUT2D eigenvalue weighted by molar-refractivity contribution is 0.0989. The molecule has 39 heavy (non-hydrogen) atoms. The molecule has 6 nitrogen and oxygen atoms in total. The predicted molar refractivity (Wildman–Crippen MR) is 157 cm³/mol. The number of likely N-dealkylation sites (tertiary alicyclic amines) is 1. The highest BCUT2D eigenvalue weighted by molar-refractivity contribution is 6.07. The van der Waals surface area contributed by atoms with Gasteiger partial charge in [0.25, 0.3) is 5.91 Å². The lowest BCUT2D eigenvalue weighted by Gasteiger charge is -2.37. The first-order valence-electron chi connectivity index (χ1n) is 13.5. The molecule has 4 aromatic rings. The van der Waals surface area contributed by atoms with E-state index >= 15 is 0 Å². The Labute approximate surface area is 235 Å². The van der Waals surface area contributed by atoms with Crippen molar-refractivity contribution in [2.45, 2.75) is 31.6 Å². The maximum atomic E-state index is 13.7. The fourth-order valence-electron chi connectivity index (χ4n) is 6.42. The first kappa shape index (κ1) is 25.7. The molecule has 0 bridgehead atoms. The summed E-state index contributed by atoms with van der Waals surface area (Å²) in [6.45, 7) is 5.75. The van der Waals surface area contributed by atoms with Crippen LogP contribution in [0.25, 0.3) is 22.5 Å². The topological polar surface area (TPSA) is 61.5 Å². The fourth-order valence-corrected chi connectivity index (χ4v) is 6.42. The van der Waals surface area contributed by atoms with Crippen LogP contribution in [0.4, 0.5) is 5.69 Å². The number of carbonyl (C=O) groups excluding carboxylic acids is 1. The number of aromatic amines is 1. The highest BCUT2D eigenvalue weighted by Gasteiger charge is 2.44. The van der Waals surface area contributed by atoms with Gasteiger partial charge in [0.05, 0.1) is 6.61 Å². The van der Waals surface area contributed by atoms with Crippen LogP contribution in [0.2, 0.25) is 0 Å². The minimum Gasteiger partial charge on any atom is -0.492 e. The van der Waals surface area contributed by atoms with Crippen molar-refractivity contribution in [2.24, 2.45) is 0 Å². The molecule has 3 aliphatic heterocycles. The number of imidazole rings is 1. The normalized spacial score (nSPS) is 17.4. The van der Waals surface area contributed by atoms with E-state index in [4.69, 9.17) is 4.74 Å². The second-order valence-corrected chi connectivity index (χ2v) is 11.1. The zero-order chi connectivity index (χ0) is 25.9. The molecular formula is C32H33ClN4O2. The Morgan fingerprint density at radius 2 is 1.77 bits per heavy atom. The molecule has 1 spiro atoms. The monoisotopic (exact) mass is 540 g/mol. The van der Waals surface area contributed by atoms with Gasteiger partial charge in [-0.15, -0.1) is 12.4 Å². The van der Waals surface area contributed by atoms with Gasteiger partial charge in [0.2, 0.25) is 0 Å². The van der Waals surface area contributed by atoms with E-state index in [-0.39, 0.29) is 23.7 Å². The molecule has 1 amide bonds. The summed E-state index contributed by atoms with van der Waals surface area (Å²) in [5.74, 6) is 1.96. The molecule has 0 saturated carbocycles. The zero-order valence-electron chi connectivity index (χ0n) is 22.4. The van der Waals surface area contributed by atoms with Crippen molar-refractivity contribution < 1.29 is 9.53 Å². The Morgan fingerprint density at radius 3 is 2.49 bits per heavy atom. The maximum Gasteiger partial charge on any atom is 0.258 e. The lowest BCUT2D eigenvalue weighted by Crippen LogP contribution is -2.42. The molecule has 7 rings (SSSR count). The maximum absolute atomic E-state index is 13.7. The molecule has 1 aromatic heterocycles. The highest BCUT2D eigenvalue weighted by atomic mass is 35.5. The second-order valence-electron chi connectivity index (χ2n) is 11.1. The Bertz CT molecular complexity index is 1520. The molecule has 0 atom stereocenters. The molecule has 4 heterocycles. The van der Waals surface area contributed by atoms with Gasteiger partial charge in [-0.1, -0.05) is 24.3 Å². The van der Waals surface area contributed by atoms with Crippen LogP contribution in [0.15, 0.2) is 67.0 Å². The number of nitrogens with one attached hydrogen (secondary N) is 1. The van der Waals surface area contributed by atoms with E-state index in [2.05, 4.69) is 71.3 Å². The van der Waals surface area contributed by atoms with E-state index < -0.39 is 0 Å². The van der Waals surface area contributed by atoms with Crippen molar-refractivity contribution in [1.29, 1.82) is 0 Å². The summed E-state index contributed by atoms with van der Waals surface area (Å²) in [6.07, 6.45) is 6.67. The third-order valence-electron chi connectivity index (χ3n) is 8.78. The molecule has 0 aliphatic carbocycles. The van der Waals surface area contributed by atoms with E-state index in [1.165, 1.54) is 16.7 Å². The molecular weight excluding hydrogens is 508 g/mol. The number of anilines is 1. The van der Waals surface area contributed by atoms with Gasteiger partial charge in [0, 0.05) is 46.7 Å². The standard InChI is InChI=1S/C32H32N4O2.ClH/c1-21-17-25(30-33-12-13-34-30)7-8-26(21)22-3-5-23(6-4-22)31(37)36-14-9-24-18-29-27(19-28(24)36)32(20-38-29)10-15-35(2)16-11-32;/h3-8,12-13,17-19H,9-11,14-16,20H2,1-2H3,(H,33,34);1H. The number of hydrogen-bond donors (Lipinski definition) is 1. The van der Waals surface area contributed by atoms with Crippen molar-refractivity contribution in [3.05, 3.63) is 89.2 Å². The van der Waals surface area contributed by atoms with Crippen molar-refractivity contribution in [3.63, 3.8) is 0 Å².